The maximum Gasteiger partial charge on any atom is 0.255 e. The van der Waals surface area contributed by atoms with E-state index < -0.39 is 15.4 Å². The van der Waals surface area contributed by atoms with Crippen LogP contribution in [-0.4, -0.2) is 51.8 Å². The van der Waals surface area contributed by atoms with Crippen molar-refractivity contribution in [3.8, 4) is 5.75 Å². The van der Waals surface area contributed by atoms with E-state index in [0.717, 1.165) is 4.31 Å². The summed E-state index contributed by atoms with van der Waals surface area (Å²) >= 11 is 0. The summed E-state index contributed by atoms with van der Waals surface area (Å²) in [7, 11) is -0.664. The SMILES string of the molecule is CC(C)CN1C(=O)C(C)(C)COc2cc(NC(=O)c3ccc(S(=O)(=O)N(C)C)cc3)ccc21. The molecule has 1 heterocycles. The van der Waals surface area contributed by atoms with Gasteiger partial charge in [0.1, 0.15) is 12.4 Å². The van der Waals surface area contributed by atoms with Crippen LogP contribution in [-0.2, 0) is 14.8 Å². The van der Waals surface area contributed by atoms with Gasteiger partial charge in [-0.2, -0.15) is 0 Å². The molecule has 2 aromatic rings. The number of fused-ring (bicyclic) bond motifs is 1. The summed E-state index contributed by atoms with van der Waals surface area (Å²) in [5, 5.41) is 2.82. The van der Waals surface area contributed by atoms with Crippen LogP contribution in [0.5, 0.6) is 5.75 Å². The van der Waals surface area contributed by atoms with Crippen LogP contribution in [0, 0.1) is 11.3 Å². The fourth-order valence-electron chi connectivity index (χ4n) is 3.46. The van der Waals surface area contributed by atoms with Gasteiger partial charge in [-0.1, -0.05) is 13.8 Å². The van der Waals surface area contributed by atoms with Gasteiger partial charge in [0, 0.05) is 38.0 Å². The Balaban J connectivity index is 1.84. The van der Waals surface area contributed by atoms with Gasteiger partial charge in [0.25, 0.3) is 5.91 Å². The van der Waals surface area contributed by atoms with Crippen molar-refractivity contribution in [1.82, 2.24) is 4.31 Å². The molecule has 0 radical (unpaired) electrons. The summed E-state index contributed by atoms with van der Waals surface area (Å²) < 4.78 is 31.5. The zero-order chi connectivity index (χ0) is 24.6. The Kier molecular flexibility index (Phi) is 6.85. The second-order valence-corrected chi connectivity index (χ2v) is 11.6. The third kappa shape index (κ3) is 5.20. The average Bonchev–Trinajstić information content (AvgIpc) is 2.83. The molecule has 0 spiro atoms. The van der Waals surface area contributed by atoms with Crippen LogP contribution in [0.25, 0.3) is 0 Å². The number of carbonyl (C=O) groups excluding carboxylic acids is 2. The molecule has 9 heteroatoms. The van der Waals surface area contributed by atoms with Gasteiger partial charge in [0.2, 0.25) is 15.9 Å². The van der Waals surface area contributed by atoms with E-state index in [0.29, 0.717) is 29.2 Å². The van der Waals surface area contributed by atoms with E-state index in [2.05, 4.69) is 19.2 Å². The normalized spacial score (nSPS) is 15.8. The van der Waals surface area contributed by atoms with Gasteiger partial charge in [-0.15, -0.1) is 0 Å². The minimum Gasteiger partial charge on any atom is -0.490 e. The van der Waals surface area contributed by atoms with Gasteiger partial charge in [-0.05, 0) is 56.2 Å². The Morgan fingerprint density at radius 2 is 1.79 bits per heavy atom. The van der Waals surface area contributed by atoms with E-state index in [1.807, 2.05) is 13.8 Å². The molecule has 0 fully saturated rings. The summed E-state index contributed by atoms with van der Waals surface area (Å²) in [6.07, 6.45) is 0. The number of anilines is 2. The van der Waals surface area contributed by atoms with E-state index in [1.165, 1.54) is 38.4 Å². The second-order valence-electron chi connectivity index (χ2n) is 9.43. The van der Waals surface area contributed by atoms with Gasteiger partial charge in [0.15, 0.2) is 0 Å². The van der Waals surface area contributed by atoms with Gasteiger partial charge < -0.3 is 15.0 Å². The molecule has 2 aromatic carbocycles. The predicted octanol–water partition coefficient (Wildman–Crippen LogP) is 3.60. The minimum atomic E-state index is -3.57. The van der Waals surface area contributed by atoms with Crippen molar-refractivity contribution in [3.63, 3.8) is 0 Å². The number of hydrogen-bond donors (Lipinski definition) is 1. The molecule has 0 atom stereocenters. The molecule has 0 aliphatic carbocycles. The molecule has 0 aromatic heterocycles. The maximum absolute atomic E-state index is 13.1. The van der Waals surface area contributed by atoms with Gasteiger partial charge >= 0.3 is 0 Å². The first-order valence-corrected chi connectivity index (χ1v) is 12.2. The number of ether oxygens (including phenoxy) is 1. The van der Waals surface area contributed by atoms with Crippen molar-refractivity contribution in [2.45, 2.75) is 32.6 Å². The fourth-order valence-corrected chi connectivity index (χ4v) is 4.37. The lowest BCUT2D eigenvalue weighted by Gasteiger charge is -2.29. The fraction of sp³-hybridized carbons (Fsp3) is 0.417. The average molecular weight is 474 g/mol. The smallest absolute Gasteiger partial charge is 0.255 e. The van der Waals surface area contributed by atoms with E-state index in [1.54, 1.807) is 23.1 Å². The zero-order valence-electron chi connectivity index (χ0n) is 19.9. The first-order valence-electron chi connectivity index (χ1n) is 10.8. The number of hydrogen-bond acceptors (Lipinski definition) is 5. The van der Waals surface area contributed by atoms with Crippen molar-refractivity contribution in [2.24, 2.45) is 11.3 Å². The van der Waals surface area contributed by atoms with Crippen molar-refractivity contribution in [2.75, 3.05) is 37.5 Å². The molecule has 2 amide bonds. The molecule has 33 heavy (non-hydrogen) atoms. The van der Waals surface area contributed by atoms with E-state index in [9.17, 15) is 18.0 Å². The Labute approximate surface area is 195 Å². The summed E-state index contributed by atoms with van der Waals surface area (Å²) in [6.45, 7) is 8.61. The Hall–Kier alpha value is -2.91. The molecule has 1 N–H and O–H groups in total. The number of nitrogens with one attached hydrogen (secondary N) is 1. The van der Waals surface area contributed by atoms with Crippen LogP contribution in [0.2, 0.25) is 0 Å². The lowest BCUT2D eigenvalue weighted by atomic mass is 9.92. The van der Waals surface area contributed by atoms with Crippen molar-refractivity contribution in [3.05, 3.63) is 48.0 Å². The molecule has 0 bridgehead atoms. The summed E-state index contributed by atoms with van der Waals surface area (Å²) in [6, 6.07) is 11.0. The Bertz CT molecular complexity index is 1160. The van der Waals surface area contributed by atoms with Crippen LogP contribution >= 0.6 is 0 Å². The van der Waals surface area contributed by atoms with Crippen molar-refractivity contribution >= 4 is 33.2 Å². The monoisotopic (exact) mass is 473 g/mol. The van der Waals surface area contributed by atoms with Gasteiger partial charge in [0.05, 0.1) is 16.0 Å². The van der Waals surface area contributed by atoms with Gasteiger partial charge in [-0.25, -0.2) is 12.7 Å². The van der Waals surface area contributed by atoms with Crippen molar-refractivity contribution < 1.29 is 22.7 Å². The number of amides is 2. The highest BCUT2D eigenvalue weighted by molar-refractivity contribution is 7.89. The van der Waals surface area contributed by atoms with E-state index >= 15 is 0 Å². The zero-order valence-corrected chi connectivity index (χ0v) is 20.7. The lowest BCUT2D eigenvalue weighted by Crippen LogP contribution is -2.43. The maximum atomic E-state index is 13.1. The minimum absolute atomic E-state index is 0.000461. The molecular formula is C24H31N3O5S. The second kappa shape index (κ2) is 9.15. The third-order valence-electron chi connectivity index (χ3n) is 5.36. The largest absolute Gasteiger partial charge is 0.490 e. The highest BCUT2D eigenvalue weighted by Crippen LogP contribution is 2.38. The van der Waals surface area contributed by atoms with E-state index in [-0.39, 0.29) is 29.2 Å². The number of sulfonamides is 1. The first kappa shape index (κ1) is 24.7. The number of rotatable bonds is 6. The molecule has 8 nitrogen and oxygen atoms in total. The Morgan fingerprint density at radius 1 is 1.15 bits per heavy atom. The Morgan fingerprint density at radius 3 is 2.36 bits per heavy atom. The number of carbonyl (C=O) groups is 2. The first-order chi connectivity index (χ1) is 15.3. The quantitative estimate of drug-likeness (QED) is 0.692. The molecule has 1 aliphatic heterocycles. The summed E-state index contributed by atoms with van der Waals surface area (Å²) in [5.74, 6) is 0.418. The highest BCUT2D eigenvalue weighted by Gasteiger charge is 2.38. The third-order valence-corrected chi connectivity index (χ3v) is 7.19. The molecule has 3 rings (SSSR count). The van der Waals surface area contributed by atoms with Crippen molar-refractivity contribution in [1.29, 1.82) is 0 Å². The summed E-state index contributed by atoms with van der Waals surface area (Å²) in [5.41, 5.74) is 0.837. The molecule has 1 aliphatic rings. The molecular weight excluding hydrogens is 442 g/mol. The van der Waals surface area contributed by atoms with Crippen LogP contribution in [0.3, 0.4) is 0 Å². The standard InChI is InChI=1S/C24H31N3O5S/c1-16(2)14-27-20-12-9-18(13-21(20)32-15-24(3,4)23(27)29)25-22(28)17-7-10-19(11-8-17)33(30,31)26(5)6/h7-13,16H,14-15H2,1-6H3,(H,25,28). The topological polar surface area (TPSA) is 96.0 Å². The van der Waals surface area contributed by atoms with Crippen LogP contribution in [0.1, 0.15) is 38.1 Å². The van der Waals surface area contributed by atoms with Crippen LogP contribution in [0.4, 0.5) is 11.4 Å². The highest BCUT2D eigenvalue weighted by atomic mass is 32.2. The lowest BCUT2D eigenvalue weighted by molar-refractivity contribution is -0.127. The predicted molar refractivity (Wildman–Crippen MR) is 128 cm³/mol. The molecule has 0 saturated heterocycles. The summed E-state index contributed by atoms with van der Waals surface area (Å²) in [4.78, 5) is 27.7. The number of benzene rings is 2. The van der Waals surface area contributed by atoms with Gasteiger partial charge in [-0.3, -0.25) is 9.59 Å². The van der Waals surface area contributed by atoms with Crippen LogP contribution < -0.4 is 15.0 Å². The van der Waals surface area contributed by atoms with Crippen LogP contribution in [0.15, 0.2) is 47.4 Å². The molecule has 178 valence electrons. The molecule has 0 saturated carbocycles. The molecule has 0 unspecified atom stereocenters. The van der Waals surface area contributed by atoms with E-state index in [4.69, 9.17) is 4.74 Å². The number of nitrogens with zero attached hydrogens (tertiary/aromatic N) is 2.